The van der Waals surface area contributed by atoms with E-state index in [2.05, 4.69) is 11.7 Å². The first-order valence-corrected chi connectivity index (χ1v) is 5.02. The van der Waals surface area contributed by atoms with E-state index in [1.54, 1.807) is 18.3 Å². The summed E-state index contributed by atoms with van der Waals surface area (Å²) in [6, 6.07) is 4.81. The van der Waals surface area contributed by atoms with Crippen molar-refractivity contribution < 1.29 is 4.39 Å². The van der Waals surface area contributed by atoms with Crippen molar-refractivity contribution in [1.82, 2.24) is 4.57 Å². The molecule has 1 aromatic heterocycles. The maximum atomic E-state index is 13.1. The highest BCUT2D eigenvalue weighted by molar-refractivity contribution is 5.91. The molecule has 0 bridgehead atoms. The molecule has 0 atom stereocenters. The second-order valence-electron chi connectivity index (χ2n) is 3.72. The van der Waals surface area contributed by atoms with E-state index in [0.717, 1.165) is 22.2 Å². The lowest BCUT2D eigenvalue weighted by atomic mass is 10.1. The smallest absolute Gasteiger partial charge is 0.125 e. The molecule has 0 radical (unpaired) electrons. The Morgan fingerprint density at radius 3 is 2.88 bits per heavy atom. The average Bonchev–Trinajstić information content (AvgIpc) is 2.50. The SMILES string of the molecule is C=NC=Cc1c(C)n(C)c2cc(F)ccc12. The van der Waals surface area contributed by atoms with Gasteiger partial charge in [0.15, 0.2) is 0 Å². The molecule has 0 N–H and O–H groups in total. The summed E-state index contributed by atoms with van der Waals surface area (Å²) in [6.07, 6.45) is 3.54. The molecular formula is C13H13FN2. The van der Waals surface area contributed by atoms with Gasteiger partial charge in [-0.2, -0.15) is 0 Å². The average molecular weight is 216 g/mol. The van der Waals surface area contributed by atoms with Crippen LogP contribution in [0.2, 0.25) is 0 Å². The van der Waals surface area contributed by atoms with Crippen molar-refractivity contribution in [3.05, 3.63) is 41.5 Å². The van der Waals surface area contributed by atoms with Crippen LogP contribution in [0.4, 0.5) is 4.39 Å². The fourth-order valence-electron chi connectivity index (χ4n) is 1.90. The van der Waals surface area contributed by atoms with E-state index in [9.17, 15) is 4.39 Å². The first kappa shape index (κ1) is 10.6. The minimum Gasteiger partial charge on any atom is -0.347 e. The molecular weight excluding hydrogens is 203 g/mol. The molecule has 0 saturated heterocycles. The standard InChI is InChI=1S/C13H13FN2/c1-9-11(6-7-15-2)12-5-4-10(14)8-13(12)16(9)3/h4-8H,2H2,1,3H3. The van der Waals surface area contributed by atoms with Crippen LogP contribution < -0.4 is 0 Å². The van der Waals surface area contributed by atoms with Crippen LogP contribution in [-0.4, -0.2) is 11.3 Å². The normalized spacial score (nSPS) is 11.4. The number of hydrogen-bond donors (Lipinski definition) is 0. The van der Waals surface area contributed by atoms with Gasteiger partial charge in [0.05, 0.1) is 5.52 Å². The van der Waals surface area contributed by atoms with Crippen LogP contribution in [0.25, 0.3) is 17.0 Å². The van der Waals surface area contributed by atoms with Gasteiger partial charge in [-0.25, -0.2) is 4.39 Å². The van der Waals surface area contributed by atoms with Gasteiger partial charge >= 0.3 is 0 Å². The quantitative estimate of drug-likeness (QED) is 0.685. The maximum absolute atomic E-state index is 13.1. The van der Waals surface area contributed by atoms with Gasteiger partial charge in [0.2, 0.25) is 0 Å². The summed E-state index contributed by atoms with van der Waals surface area (Å²) in [5.74, 6) is -0.217. The fourth-order valence-corrected chi connectivity index (χ4v) is 1.90. The summed E-state index contributed by atoms with van der Waals surface area (Å²) in [5, 5.41) is 1.03. The van der Waals surface area contributed by atoms with Crippen molar-refractivity contribution in [3.8, 4) is 0 Å². The Bertz CT molecular complexity index is 579. The summed E-state index contributed by atoms with van der Waals surface area (Å²) >= 11 is 0. The molecule has 1 heterocycles. The summed E-state index contributed by atoms with van der Waals surface area (Å²) in [6.45, 7) is 5.40. The van der Waals surface area contributed by atoms with E-state index in [0.29, 0.717) is 0 Å². The van der Waals surface area contributed by atoms with Crippen LogP contribution >= 0.6 is 0 Å². The van der Waals surface area contributed by atoms with Gasteiger partial charge in [-0.15, -0.1) is 0 Å². The molecule has 16 heavy (non-hydrogen) atoms. The van der Waals surface area contributed by atoms with Gasteiger partial charge in [0, 0.05) is 29.9 Å². The summed E-state index contributed by atoms with van der Waals surface area (Å²) in [4.78, 5) is 3.69. The summed E-state index contributed by atoms with van der Waals surface area (Å²) in [7, 11) is 1.93. The van der Waals surface area contributed by atoms with E-state index in [1.807, 2.05) is 24.6 Å². The Kier molecular flexibility index (Phi) is 2.60. The minimum atomic E-state index is -0.217. The Labute approximate surface area is 93.7 Å². The van der Waals surface area contributed by atoms with E-state index in [1.165, 1.54) is 6.07 Å². The second-order valence-corrected chi connectivity index (χ2v) is 3.72. The maximum Gasteiger partial charge on any atom is 0.125 e. The molecule has 2 nitrogen and oxygen atoms in total. The van der Waals surface area contributed by atoms with Crippen molar-refractivity contribution in [2.24, 2.45) is 12.0 Å². The highest BCUT2D eigenvalue weighted by atomic mass is 19.1. The van der Waals surface area contributed by atoms with Gasteiger partial charge in [-0.1, -0.05) is 0 Å². The van der Waals surface area contributed by atoms with E-state index in [4.69, 9.17) is 0 Å². The molecule has 82 valence electrons. The Morgan fingerprint density at radius 1 is 1.44 bits per heavy atom. The zero-order chi connectivity index (χ0) is 11.7. The van der Waals surface area contributed by atoms with Gasteiger partial charge in [0.25, 0.3) is 0 Å². The summed E-state index contributed by atoms with van der Waals surface area (Å²) in [5.41, 5.74) is 3.03. The zero-order valence-corrected chi connectivity index (χ0v) is 9.37. The number of hydrogen-bond acceptors (Lipinski definition) is 1. The zero-order valence-electron chi connectivity index (χ0n) is 9.37. The van der Waals surface area contributed by atoms with Gasteiger partial charge in [-0.05, 0) is 37.9 Å². The molecule has 2 rings (SSSR count). The Hall–Kier alpha value is -1.90. The number of halogens is 1. The van der Waals surface area contributed by atoms with Crippen LogP contribution in [0.3, 0.4) is 0 Å². The van der Waals surface area contributed by atoms with Crippen molar-refractivity contribution in [1.29, 1.82) is 0 Å². The summed E-state index contributed by atoms with van der Waals surface area (Å²) < 4.78 is 15.1. The second kappa shape index (κ2) is 3.93. The van der Waals surface area contributed by atoms with Crippen LogP contribution in [-0.2, 0) is 7.05 Å². The van der Waals surface area contributed by atoms with Crippen LogP contribution in [0.5, 0.6) is 0 Å². The van der Waals surface area contributed by atoms with Gasteiger partial charge < -0.3 is 4.57 Å². The predicted molar refractivity (Wildman–Crippen MR) is 66.2 cm³/mol. The lowest BCUT2D eigenvalue weighted by Crippen LogP contribution is -1.90. The lowest BCUT2D eigenvalue weighted by molar-refractivity contribution is 0.629. The molecule has 0 aliphatic carbocycles. The molecule has 2 aromatic rings. The molecule has 0 saturated carbocycles. The number of nitrogens with zero attached hydrogens (tertiary/aromatic N) is 2. The van der Waals surface area contributed by atoms with Crippen LogP contribution in [0.1, 0.15) is 11.3 Å². The third-order valence-electron chi connectivity index (χ3n) is 2.85. The van der Waals surface area contributed by atoms with E-state index >= 15 is 0 Å². The van der Waals surface area contributed by atoms with Crippen molar-refractivity contribution in [2.45, 2.75) is 6.92 Å². The molecule has 1 aromatic carbocycles. The lowest BCUT2D eigenvalue weighted by Gasteiger charge is -1.97. The molecule has 0 aliphatic rings. The van der Waals surface area contributed by atoms with E-state index < -0.39 is 0 Å². The third kappa shape index (κ3) is 1.54. The number of aryl methyl sites for hydroxylation is 1. The first-order valence-electron chi connectivity index (χ1n) is 5.02. The van der Waals surface area contributed by atoms with Crippen molar-refractivity contribution in [2.75, 3.05) is 0 Å². The highest BCUT2D eigenvalue weighted by Crippen LogP contribution is 2.26. The van der Waals surface area contributed by atoms with E-state index in [-0.39, 0.29) is 5.82 Å². The molecule has 3 heteroatoms. The van der Waals surface area contributed by atoms with Crippen LogP contribution in [0, 0.1) is 12.7 Å². The van der Waals surface area contributed by atoms with Crippen LogP contribution in [0.15, 0.2) is 29.4 Å². The topological polar surface area (TPSA) is 17.3 Å². The predicted octanol–water partition coefficient (Wildman–Crippen LogP) is 3.30. The Balaban J connectivity index is 2.78. The number of aliphatic imine (C=N–C) groups is 1. The van der Waals surface area contributed by atoms with Gasteiger partial charge in [0.1, 0.15) is 5.82 Å². The van der Waals surface area contributed by atoms with Crippen molar-refractivity contribution >= 4 is 23.7 Å². The number of rotatable bonds is 2. The highest BCUT2D eigenvalue weighted by Gasteiger charge is 2.09. The largest absolute Gasteiger partial charge is 0.347 e. The molecule has 0 fully saturated rings. The third-order valence-corrected chi connectivity index (χ3v) is 2.85. The number of benzene rings is 1. The molecule has 0 amide bonds. The molecule has 0 spiro atoms. The number of fused-ring (bicyclic) bond motifs is 1. The fraction of sp³-hybridized carbons (Fsp3) is 0.154. The van der Waals surface area contributed by atoms with Gasteiger partial charge in [-0.3, -0.25) is 4.99 Å². The first-order chi connectivity index (χ1) is 7.65. The minimum absolute atomic E-state index is 0.217. The molecule has 0 unspecified atom stereocenters. The monoisotopic (exact) mass is 216 g/mol. The Morgan fingerprint density at radius 2 is 2.19 bits per heavy atom. The number of aromatic nitrogens is 1. The van der Waals surface area contributed by atoms with Crippen molar-refractivity contribution in [3.63, 3.8) is 0 Å². The molecule has 0 aliphatic heterocycles.